The number of carbonyl (C=O) groups is 1. The lowest BCUT2D eigenvalue weighted by Gasteiger charge is -2.36. The molecule has 6 heteroatoms. The number of aryl methyl sites for hydroxylation is 1. The first-order valence-corrected chi connectivity index (χ1v) is 10.6. The first-order chi connectivity index (χ1) is 15.1. The van der Waals surface area contributed by atoms with E-state index >= 15 is 0 Å². The number of carbonyl (C=O) groups excluding carboxylic acids is 1. The van der Waals surface area contributed by atoms with Crippen molar-refractivity contribution in [3.05, 3.63) is 83.8 Å². The third-order valence-electron chi connectivity index (χ3n) is 6.00. The van der Waals surface area contributed by atoms with Crippen LogP contribution in [0.15, 0.2) is 66.9 Å². The van der Waals surface area contributed by atoms with Gasteiger partial charge in [-0.3, -0.25) is 4.79 Å². The molecule has 1 aliphatic heterocycles. The third kappa shape index (κ3) is 3.54. The fourth-order valence-corrected chi connectivity index (χ4v) is 4.43. The predicted molar refractivity (Wildman–Crippen MR) is 123 cm³/mol. The maximum atomic E-state index is 13.1. The van der Waals surface area contributed by atoms with E-state index in [9.17, 15) is 4.79 Å². The second-order valence-electron chi connectivity index (χ2n) is 7.96. The van der Waals surface area contributed by atoms with Gasteiger partial charge in [0.1, 0.15) is 0 Å². The first-order valence-electron chi connectivity index (χ1n) is 10.6. The van der Waals surface area contributed by atoms with Crippen LogP contribution in [0.5, 0.6) is 0 Å². The maximum Gasteiger partial charge on any atom is 0.253 e. The number of piperazine rings is 1. The third-order valence-corrected chi connectivity index (χ3v) is 6.00. The summed E-state index contributed by atoms with van der Waals surface area (Å²) in [5.74, 6) is 0.919. The minimum Gasteiger partial charge on any atom is -0.365 e. The molecule has 0 spiro atoms. The highest BCUT2D eigenvalue weighted by Gasteiger charge is 2.26. The molecule has 3 heterocycles. The summed E-state index contributed by atoms with van der Waals surface area (Å²) in [6, 6.07) is 19.9. The molecule has 0 N–H and O–H groups in total. The molecule has 4 aromatic rings. The fourth-order valence-electron chi connectivity index (χ4n) is 4.43. The zero-order valence-electron chi connectivity index (χ0n) is 17.8. The number of hydrogen-bond acceptors (Lipinski definition) is 4. The Morgan fingerprint density at radius 3 is 2.35 bits per heavy atom. The number of aromatic nitrogens is 3. The summed E-state index contributed by atoms with van der Waals surface area (Å²) in [6.45, 7) is 7.08. The molecule has 0 atom stereocenters. The summed E-state index contributed by atoms with van der Waals surface area (Å²) >= 11 is 0. The van der Waals surface area contributed by atoms with Gasteiger partial charge in [0, 0.05) is 37.9 Å². The standard InChI is InChI=1S/C25H25N5O/c1-18-24(19(2)30(27-18)23-9-5-6-12-26-23)28-13-15-29(16-14-28)25(31)22-11-10-20-7-3-4-8-21(20)17-22/h3-12,17H,13-16H2,1-2H3. The first kappa shape index (κ1) is 19.3. The Morgan fingerprint density at radius 2 is 1.61 bits per heavy atom. The average molecular weight is 412 g/mol. The van der Waals surface area contributed by atoms with Gasteiger partial charge in [0.2, 0.25) is 0 Å². The number of nitrogens with zero attached hydrogens (tertiary/aromatic N) is 5. The summed E-state index contributed by atoms with van der Waals surface area (Å²) in [7, 11) is 0. The molecule has 0 aliphatic carbocycles. The number of anilines is 1. The van der Waals surface area contributed by atoms with Gasteiger partial charge in [-0.15, -0.1) is 0 Å². The van der Waals surface area contributed by atoms with E-state index in [1.54, 1.807) is 6.20 Å². The van der Waals surface area contributed by atoms with Crippen molar-refractivity contribution >= 4 is 22.4 Å². The average Bonchev–Trinajstić information content (AvgIpc) is 3.12. The van der Waals surface area contributed by atoms with E-state index in [0.717, 1.165) is 52.3 Å². The van der Waals surface area contributed by atoms with Gasteiger partial charge >= 0.3 is 0 Å². The Bertz CT molecular complexity index is 1240. The quantitative estimate of drug-likeness (QED) is 0.511. The normalized spacial score (nSPS) is 14.3. The Labute approximate surface area is 181 Å². The Balaban J connectivity index is 1.32. The van der Waals surface area contributed by atoms with Crippen LogP contribution in [-0.4, -0.2) is 51.8 Å². The maximum absolute atomic E-state index is 13.1. The van der Waals surface area contributed by atoms with E-state index in [-0.39, 0.29) is 5.91 Å². The van der Waals surface area contributed by atoms with E-state index in [1.165, 1.54) is 0 Å². The zero-order chi connectivity index (χ0) is 21.4. The highest BCUT2D eigenvalue weighted by molar-refractivity contribution is 5.98. The van der Waals surface area contributed by atoms with Gasteiger partial charge < -0.3 is 9.80 Å². The Kier molecular flexibility index (Phi) is 4.90. The summed E-state index contributed by atoms with van der Waals surface area (Å²) in [5.41, 5.74) is 3.95. The van der Waals surface area contributed by atoms with Crippen LogP contribution in [0.1, 0.15) is 21.7 Å². The monoisotopic (exact) mass is 411 g/mol. The van der Waals surface area contributed by atoms with E-state index in [4.69, 9.17) is 5.10 Å². The van der Waals surface area contributed by atoms with E-state index in [1.807, 2.05) is 65.0 Å². The molecule has 1 fully saturated rings. The molecule has 6 nitrogen and oxygen atoms in total. The smallest absolute Gasteiger partial charge is 0.253 e. The van der Waals surface area contributed by atoms with Gasteiger partial charge in [-0.2, -0.15) is 5.10 Å². The van der Waals surface area contributed by atoms with Gasteiger partial charge in [0.05, 0.1) is 17.1 Å². The van der Waals surface area contributed by atoms with Crippen molar-refractivity contribution in [3.63, 3.8) is 0 Å². The van der Waals surface area contributed by atoms with Crippen molar-refractivity contribution in [3.8, 4) is 5.82 Å². The van der Waals surface area contributed by atoms with Crippen LogP contribution in [0.3, 0.4) is 0 Å². The highest BCUT2D eigenvalue weighted by Crippen LogP contribution is 2.27. The number of pyridine rings is 1. The predicted octanol–water partition coefficient (Wildman–Crippen LogP) is 4.00. The molecule has 2 aromatic heterocycles. The minimum absolute atomic E-state index is 0.100. The summed E-state index contributed by atoms with van der Waals surface area (Å²) < 4.78 is 1.90. The van der Waals surface area contributed by atoms with Crippen LogP contribution >= 0.6 is 0 Å². The van der Waals surface area contributed by atoms with E-state index in [0.29, 0.717) is 13.1 Å². The molecule has 2 aromatic carbocycles. The van der Waals surface area contributed by atoms with Gasteiger partial charge in [0.25, 0.3) is 5.91 Å². The number of hydrogen-bond donors (Lipinski definition) is 0. The van der Waals surface area contributed by atoms with Gasteiger partial charge in [-0.25, -0.2) is 9.67 Å². The van der Waals surface area contributed by atoms with Crippen molar-refractivity contribution in [1.29, 1.82) is 0 Å². The van der Waals surface area contributed by atoms with Crippen molar-refractivity contribution in [1.82, 2.24) is 19.7 Å². The van der Waals surface area contributed by atoms with E-state index in [2.05, 4.69) is 28.9 Å². The lowest BCUT2D eigenvalue weighted by molar-refractivity contribution is 0.0747. The van der Waals surface area contributed by atoms with Crippen LogP contribution in [0, 0.1) is 13.8 Å². The topological polar surface area (TPSA) is 54.3 Å². The lowest BCUT2D eigenvalue weighted by atomic mass is 10.1. The number of rotatable bonds is 3. The van der Waals surface area contributed by atoms with Gasteiger partial charge in [-0.05, 0) is 48.9 Å². The SMILES string of the molecule is Cc1nn(-c2ccccn2)c(C)c1N1CCN(C(=O)c2ccc3ccccc3c2)CC1. The largest absolute Gasteiger partial charge is 0.365 e. The van der Waals surface area contributed by atoms with Gasteiger partial charge in [0.15, 0.2) is 5.82 Å². The number of amides is 1. The fraction of sp³-hybridized carbons (Fsp3) is 0.240. The van der Waals surface area contributed by atoms with Crippen LogP contribution in [-0.2, 0) is 0 Å². The molecule has 0 bridgehead atoms. The highest BCUT2D eigenvalue weighted by atomic mass is 16.2. The van der Waals surface area contributed by atoms with Crippen LogP contribution in [0.25, 0.3) is 16.6 Å². The van der Waals surface area contributed by atoms with Crippen molar-refractivity contribution < 1.29 is 4.79 Å². The molecule has 156 valence electrons. The van der Waals surface area contributed by atoms with Crippen LogP contribution in [0.2, 0.25) is 0 Å². The summed E-state index contributed by atoms with van der Waals surface area (Å²) in [5, 5.41) is 6.97. The second kappa shape index (κ2) is 7.87. The van der Waals surface area contributed by atoms with Crippen molar-refractivity contribution in [2.24, 2.45) is 0 Å². The molecular weight excluding hydrogens is 386 g/mol. The molecular formula is C25H25N5O. The molecule has 31 heavy (non-hydrogen) atoms. The number of fused-ring (bicyclic) bond motifs is 1. The molecule has 1 aliphatic rings. The van der Waals surface area contributed by atoms with Crippen LogP contribution in [0.4, 0.5) is 5.69 Å². The molecule has 1 saturated heterocycles. The molecule has 0 unspecified atom stereocenters. The Morgan fingerprint density at radius 1 is 0.871 bits per heavy atom. The van der Waals surface area contributed by atoms with E-state index < -0.39 is 0 Å². The molecule has 5 rings (SSSR count). The lowest BCUT2D eigenvalue weighted by Crippen LogP contribution is -2.49. The van der Waals surface area contributed by atoms with Crippen LogP contribution < -0.4 is 4.90 Å². The zero-order valence-corrected chi connectivity index (χ0v) is 17.8. The Hall–Kier alpha value is -3.67. The van der Waals surface area contributed by atoms with Crippen molar-refractivity contribution in [2.45, 2.75) is 13.8 Å². The van der Waals surface area contributed by atoms with Gasteiger partial charge in [-0.1, -0.05) is 36.4 Å². The number of benzene rings is 2. The second-order valence-corrected chi connectivity index (χ2v) is 7.96. The molecule has 0 radical (unpaired) electrons. The summed E-state index contributed by atoms with van der Waals surface area (Å²) in [6.07, 6.45) is 1.78. The molecule has 1 amide bonds. The minimum atomic E-state index is 0.100. The summed E-state index contributed by atoms with van der Waals surface area (Å²) in [4.78, 5) is 21.8. The molecule has 0 saturated carbocycles. The van der Waals surface area contributed by atoms with Crippen molar-refractivity contribution in [2.75, 3.05) is 31.1 Å².